The third-order valence-corrected chi connectivity index (χ3v) is 6.01. The van der Waals surface area contributed by atoms with Crippen molar-refractivity contribution in [1.29, 1.82) is 0 Å². The Balaban J connectivity index is 1.73. The molecule has 2 heterocycles. The molecule has 1 aliphatic heterocycles. The van der Waals surface area contributed by atoms with E-state index in [2.05, 4.69) is 26.3 Å². The Bertz CT molecular complexity index is 914. The minimum absolute atomic E-state index is 0.186. The molecule has 2 aromatic rings. The number of carbonyl (C=O) groups excluding carboxylic acids is 1. The fourth-order valence-electron chi connectivity index (χ4n) is 2.85. The molecule has 1 aliphatic rings. The van der Waals surface area contributed by atoms with Gasteiger partial charge in [-0.25, -0.2) is 21.8 Å². The van der Waals surface area contributed by atoms with Crippen LogP contribution >= 0.6 is 15.9 Å². The number of sulfonamides is 1. The first-order valence-corrected chi connectivity index (χ1v) is 10.7. The molecule has 1 atom stereocenters. The van der Waals surface area contributed by atoms with E-state index in [1.54, 1.807) is 18.3 Å². The number of hydrogen-bond donors (Lipinski definition) is 1. The fraction of sp³-hybridized carbons (Fsp3) is 0.375. The van der Waals surface area contributed by atoms with Crippen molar-refractivity contribution in [1.82, 2.24) is 19.4 Å². The predicted octanol–water partition coefficient (Wildman–Crippen LogP) is 1.93. The Labute approximate surface area is 159 Å². The summed E-state index contributed by atoms with van der Waals surface area (Å²) in [7, 11) is -3.28. The highest BCUT2D eigenvalue weighted by Crippen LogP contribution is 2.20. The van der Waals surface area contributed by atoms with E-state index in [-0.39, 0.29) is 24.1 Å². The quantitative estimate of drug-likeness (QED) is 0.780. The smallest absolute Gasteiger partial charge is 0.273 e. The molecule has 3 rings (SSSR count). The Kier molecular flexibility index (Phi) is 5.44. The highest BCUT2D eigenvalue weighted by Gasteiger charge is 2.28. The summed E-state index contributed by atoms with van der Waals surface area (Å²) >= 11 is 3.31. The second-order valence-electron chi connectivity index (χ2n) is 6.18. The number of benzene rings is 1. The third-order valence-electron chi connectivity index (χ3n) is 4.16. The number of amides is 1. The number of nitrogens with zero attached hydrogens (tertiary/aromatic N) is 3. The maximum Gasteiger partial charge on any atom is 0.273 e. The van der Waals surface area contributed by atoms with E-state index in [4.69, 9.17) is 0 Å². The second kappa shape index (κ2) is 7.45. The molecule has 1 saturated heterocycles. The molecular formula is C16H18BrFN4O3S. The minimum atomic E-state index is -3.28. The summed E-state index contributed by atoms with van der Waals surface area (Å²) < 4.78 is 39.8. The molecule has 26 heavy (non-hydrogen) atoms. The van der Waals surface area contributed by atoms with Crippen LogP contribution in [-0.2, 0) is 10.0 Å². The van der Waals surface area contributed by atoms with Gasteiger partial charge in [0.1, 0.15) is 5.82 Å². The van der Waals surface area contributed by atoms with Crippen LogP contribution < -0.4 is 5.32 Å². The van der Waals surface area contributed by atoms with Crippen LogP contribution in [0.3, 0.4) is 0 Å². The van der Waals surface area contributed by atoms with Gasteiger partial charge in [0.25, 0.3) is 5.91 Å². The zero-order valence-electron chi connectivity index (χ0n) is 14.0. The topological polar surface area (TPSA) is 84.3 Å². The largest absolute Gasteiger partial charge is 0.347 e. The normalized spacial score (nSPS) is 18.7. The van der Waals surface area contributed by atoms with Crippen molar-refractivity contribution < 1.29 is 17.6 Å². The van der Waals surface area contributed by atoms with Crippen LogP contribution in [0.15, 0.2) is 34.9 Å². The number of aromatic nitrogens is 2. The summed E-state index contributed by atoms with van der Waals surface area (Å²) in [6.45, 7) is 0.717. The summed E-state index contributed by atoms with van der Waals surface area (Å²) in [4.78, 5) is 12.5. The molecule has 10 heteroatoms. The van der Waals surface area contributed by atoms with Crippen LogP contribution in [-0.4, -0.2) is 53.8 Å². The number of hydrogen-bond acceptors (Lipinski definition) is 4. The Morgan fingerprint density at radius 2 is 2.04 bits per heavy atom. The van der Waals surface area contributed by atoms with Crippen molar-refractivity contribution in [3.63, 3.8) is 0 Å². The molecule has 140 valence electrons. The molecule has 1 unspecified atom stereocenters. The van der Waals surface area contributed by atoms with Gasteiger partial charge in [-0.2, -0.15) is 5.10 Å². The monoisotopic (exact) mass is 444 g/mol. The van der Waals surface area contributed by atoms with E-state index in [1.165, 1.54) is 21.1 Å². The highest BCUT2D eigenvalue weighted by atomic mass is 79.9. The van der Waals surface area contributed by atoms with Crippen LogP contribution in [0.4, 0.5) is 4.39 Å². The Hall–Kier alpha value is -1.78. The summed E-state index contributed by atoms with van der Waals surface area (Å²) in [6, 6.07) is 5.47. The van der Waals surface area contributed by atoms with Crippen molar-refractivity contribution in [2.75, 3.05) is 19.3 Å². The van der Waals surface area contributed by atoms with E-state index in [1.807, 2.05) is 0 Å². The van der Waals surface area contributed by atoms with Crippen LogP contribution in [0, 0.1) is 5.82 Å². The molecule has 0 radical (unpaired) electrons. The van der Waals surface area contributed by atoms with Crippen molar-refractivity contribution in [2.45, 2.75) is 18.9 Å². The minimum Gasteiger partial charge on any atom is -0.347 e. The van der Waals surface area contributed by atoms with Gasteiger partial charge in [0, 0.05) is 25.3 Å². The second-order valence-corrected chi connectivity index (χ2v) is 9.02. The van der Waals surface area contributed by atoms with Gasteiger partial charge < -0.3 is 5.32 Å². The Morgan fingerprint density at radius 1 is 1.35 bits per heavy atom. The third kappa shape index (κ3) is 4.30. The van der Waals surface area contributed by atoms with E-state index in [9.17, 15) is 17.6 Å². The van der Waals surface area contributed by atoms with Gasteiger partial charge in [0.2, 0.25) is 10.0 Å². The number of nitrogens with one attached hydrogen (secondary N) is 1. The zero-order valence-corrected chi connectivity index (χ0v) is 16.4. The van der Waals surface area contributed by atoms with Gasteiger partial charge in [-0.05, 0) is 53.0 Å². The van der Waals surface area contributed by atoms with Crippen molar-refractivity contribution in [3.8, 4) is 5.69 Å². The molecule has 1 aromatic carbocycles. The predicted molar refractivity (Wildman–Crippen MR) is 98.1 cm³/mol. The number of piperidine rings is 1. The average Bonchev–Trinajstić information content (AvgIpc) is 2.97. The molecule has 1 aromatic heterocycles. The molecule has 0 aliphatic carbocycles. The van der Waals surface area contributed by atoms with Gasteiger partial charge in [-0.15, -0.1) is 0 Å². The standard InChI is InChI=1S/C16H18BrFN4O3S/c1-26(24,25)21-8-2-3-12(9-21)19-16(23)15-14(17)10-22(20-15)13-6-4-11(18)5-7-13/h4-7,10,12H,2-3,8-9H2,1H3,(H,19,23). The van der Waals surface area contributed by atoms with Gasteiger partial charge in [0.05, 0.1) is 16.4 Å². The lowest BCUT2D eigenvalue weighted by atomic mass is 10.1. The van der Waals surface area contributed by atoms with E-state index in [0.717, 1.165) is 6.26 Å². The number of carbonyl (C=O) groups is 1. The van der Waals surface area contributed by atoms with Crippen molar-refractivity contribution in [2.24, 2.45) is 0 Å². The lowest BCUT2D eigenvalue weighted by molar-refractivity contribution is 0.0915. The van der Waals surface area contributed by atoms with Crippen LogP contribution in [0.5, 0.6) is 0 Å². The lowest BCUT2D eigenvalue weighted by Gasteiger charge is -2.31. The first kappa shape index (κ1) is 19.0. The highest BCUT2D eigenvalue weighted by molar-refractivity contribution is 9.10. The zero-order chi connectivity index (χ0) is 18.9. The molecular weight excluding hydrogens is 427 g/mol. The van der Waals surface area contributed by atoms with Crippen molar-refractivity contribution in [3.05, 3.63) is 46.4 Å². The van der Waals surface area contributed by atoms with Crippen LogP contribution in [0.1, 0.15) is 23.3 Å². The number of rotatable bonds is 4. The molecule has 1 amide bonds. The average molecular weight is 445 g/mol. The molecule has 1 fully saturated rings. The maximum absolute atomic E-state index is 13.0. The summed E-state index contributed by atoms with van der Waals surface area (Å²) in [5.74, 6) is -0.747. The van der Waals surface area contributed by atoms with E-state index < -0.39 is 15.9 Å². The first-order chi connectivity index (χ1) is 12.2. The SMILES string of the molecule is CS(=O)(=O)N1CCCC(NC(=O)c2nn(-c3ccc(F)cc3)cc2Br)C1. The first-order valence-electron chi connectivity index (χ1n) is 8.01. The molecule has 0 saturated carbocycles. The summed E-state index contributed by atoms with van der Waals surface area (Å²) in [6.07, 6.45) is 4.17. The number of halogens is 2. The Morgan fingerprint density at radius 3 is 2.69 bits per heavy atom. The van der Waals surface area contributed by atoms with E-state index >= 15 is 0 Å². The van der Waals surface area contributed by atoms with Crippen LogP contribution in [0.2, 0.25) is 0 Å². The molecule has 1 N–H and O–H groups in total. The lowest BCUT2D eigenvalue weighted by Crippen LogP contribution is -2.49. The van der Waals surface area contributed by atoms with Gasteiger partial charge in [0.15, 0.2) is 5.69 Å². The maximum atomic E-state index is 13.0. The van der Waals surface area contributed by atoms with Gasteiger partial charge >= 0.3 is 0 Å². The molecule has 0 bridgehead atoms. The summed E-state index contributed by atoms with van der Waals surface area (Å²) in [5.41, 5.74) is 0.804. The van der Waals surface area contributed by atoms with E-state index in [0.29, 0.717) is 29.5 Å². The molecule has 7 nitrogen and oxygen atoms in total. The summed E-state index contributed by atoms with van der Waals surface area (Å²) in [5, 5.41) is 7.09. The van der Waals surface area contributed by atoms with Gasteiger partial charge in [-0.1, -0.05) is 0 Å². The van der Waals surface area contributed by atoms with Crippen LogP contribution in [0.25, 0.3) is 5.69 Å². The van der Waals surface area contributed by atoms with Gasteiger partial charge in [-0.3, -0.25) is 4.79 Å². The van der Waals surface area contributed by atoms with Crippen molar-refractivity contribution >= 4 is 31.9 Å². The fourth-order valence-corrected chi connectivity index (χ4v) is 4.21. The molecule has 0 spiro atoms.